The molecule has 1 N–H and O–H groups in total. The number of para-hydroxylation sites is 1. The third kappa shape index (κ3) is 6.23. The lowest BCUT2D eigenvalue weighted by molar-refractivity contribution is 0.299. The van der Waals surface area contributed by atoms with Crippen molar-refractivity contribution < 1.29 is 4.74 Å². The summed E-state index contributed by atoms with van der Waals surface area (Å²) in [6, 6.07) is 8.31. The van der Waals surface area contributed by atoms with Crippen molar-refractivity contribution in [3.63, 3.8) is 0 Å². The number of benzene rings is 1. The highest BCUT2D eigenvalue weighted by molar-refractivity contribution is 5.33. The molecule has 0 aliphatic heterocycles. The van der Waals surface area contributed by atoms with E-state index in [9.17, 15) is 0 Å². The molecule has 1 aromatic carbocycles. The van der Waals surface area contributed by atoms with Gasteiger partial charge in [0.1, 0.15) is 11.6 Å². The Hall–Kier alpha value is -2.60. The lowest BCUT2D eigenvalue weighted by atomic mass is 10.2. The standard InChI is InChI=1S/C22H31N5O/c1-2-22-25-12-16-27(22)14-7-10-23-18-20-8-3-4-9-21(20)28-17-6-5-13-26-15-11-24-19-26/h3-4,8-9,11-12,15-16,19,23H,2,5-7,10,13-14,17-18H2,1H3. The number of hydrogen-bond donors (Lipinski definition) is 1. The van der Waals surface area contributed by atoms with E-state index in [-0.39, 0.29) is 0 Å². The van der Waals surface area contributed by atoms with Gasteiger partial charge >= 0.3 is 0 Å². The van der Waals surface area contributed by atoms with Crippen LogP contribution in [0.15, 0.2) is 55.4 Å². The van der Waals surface area contributed by atoms with E-state index in [2.05, 4.69) is 55.7 Å². The van der Waals surface area contributed by atoms with Crippen molar-refractivity contribution in [2.45, 2.75) is 52.2 Å². The van der Waals surface area contributed by atoms with Gasteiger partial charge in [-0.15, -0.1) is 0 Å². The molecular formula is C22H31N5O. The Morgan fingerprint density at radius 2 is 1.96 bits per heavy atom. The number of hydrogen-bond acceptors (Lipinski definition) is 4. The van der Waals surface area contributed by atoms with E-state index in [0.29, 0.717) is 0 Å². The second kappa shape index (κ2) is 11.3. The molecule has 0 aliphatic carbocycles. The normalized spacial score (nSPS) is 11.0. The molecular weight excluding hydrogens is 350 g/mol. The zero-order valence-corrected chi connectivity index (χ0v) is 16.8. The van der Waals surface area contributed by atoms with Gasteiger partial charge in [0.05, 0.1) is 12.9 Å². The molecule has 0 saturated heterocycles. The van der Waals surface area contributed by atoms with Crippen LogP contribution in [0.2, 0.25) is 0 Å². The Balaban J connectivity index is 1.34. The van der Waals surface area contributed by atoms with Gasteiger partial charge in [0, 0.05) is 56.4 Å². The molecule has 0 amide bonds. The Morgan fingerprint density at radius 1 is 1.04 bits per heavy atom. The topological polar surface area (TPSA) is 56.9 Å². The number of aryl methyl sites for hydroxylation is 3. The third-order valence-corrected chi connectivity index (χ3v) is 4.79. The number of ether oxygens (including phenoxy) is 1. The fourth-order valence-corrected chi connectivity index (χ4v) is 3.24. The van der Waals surface area contributed by atoms with Crippen molar-refractivity contribution in [3.8, 4) is 5.75 Å². The molecule has 0 unspecified atom stereocenters. The van der Waals surface area contributed by atoms with Crippen molar-refractivity contribution >= 4 is 0 Å². The first kappa shape index (κ1) is 20.1. The van der Waals surface area contributed by atoms with Gasteiger partial charge in [0.25, 0.3) is 0 Å². The largest absolute Gasteiger partial charge is 0.493 e. The SMILES string of the molecule is CCc1nccn1CCCNCc1ccccc1OCCCCn1ccnc1. The van der Waals surface area contributed by atoms with Crippen molar-refractivity contribution in [3.05, 3.63) is 66.8 Å². The molecule has 0 bridgehead atoms. The Bertz CT molecular complexity index is 797. The van der Waals surface area contributed by atoms with Crippen LogP contribution in [0, 0.1) is 0 Å². The zero-order valence-electron chi connectivity index (χ0n) is 16.8. The molecule has 0 spiro atoms. The predicted molar refractivity (Wildman–Crippen MR) is 111 cm³/mol. The molecule has 6 heteroatoms. The minimum atomic E-state index is 0.742. The molecule has 6 nitrogen and oxygen atoms in total. The summed E-state index contributed by atoms with van der Waals surface area (Å²) < 4.78 is 10.4. The Morgan fingerprint density at radius 3 is 2.82 bits per heavy atom. The van der Waals surface area contributed by atoms with E-state index in [1.54, 1.807) is 0 Å². The summed E-state index contributed by atoms with van der Waals surface area (Å²) in [5.74, 6) is 2.15. The van der Waals surface area contributed by atoms with Crippen LogP contribution in [0.3, 0.4) is 0 Å². The Labute approximate surface area is 167 Å². The maximum atomic E-state index is 6.03. The van der Waals surface area contributed by atoms with Gasteiger partial charge in [-0.25, -0.2) is 9.97 Å². The molecule has 0 saturated carbocycles. The highest BCUT2D eigenvalue weighted by atomic mass is 16.5. The average molecular weight is 382 g/mol. The molecule has 2 aromatic heterocycles. The maximum absolute atomic E-state index is 6.03. The number of imidazole rings is 2. The van der Waals surface area contributed by atoms with Crippen LogP contribution in [0.1, 0.15) is 37.6 Å². The monoisotopic (exact) mass is 381 g/mol. The van der Waals surface area contributed by atoms with Gasteiger partial charge in [0.2, 0.25) is 0 Å². The number of nitrogens with zero attached hydrogens (tertiary/aromatic N) is 4. The second-order valence-electron chi connectivity index (χ2n) is 6.88. The molecule has 3 aromatic rings. The van der Waals surface area contributed by atoms with Crippen LogP contribution in [-0.4, -0.2) is 32.3 Å². The zero-order chi connectivity index (χ0) is 19.4. The highest BCUT2D eigenvalue weighted by Crippen LogP contribution is 2.18. The van der Waals surface area contributed by atoms with Gasteiger partial charge in [-0.2, -0.15) is 0 Å². The lowest BCUT2D eigenvalue weighted by Gasteiger charge is -2.13. The van der Waals surface area contributed by atoms with Gasteiger partial charge in [-0.1, -0.05) is 25.1 Å². The molecule has 3 rings (SSSR count). The van der Waals surface area contributed by atoms with E-state index in [1.807, 2.05) is 31.0 Å². The number of unbranched alkanes of at least 4 members (excludes halogenated alkanes) is 1. The average Bonchev–Trinajstić information content (AvgIpc) is 3.40. The number of rotatable bonds is 13. The molecule has 150 valence electrons. The van der Waals surface area contributed by atoms with Gasteiger partial charge in [0.15, 0.2) is 0 Å². The molecule has 28 heavy (non-hydrogen) atoms. The van der Waals surface area contributed by atoms with Gasteiger partial charge in [-0.05, 0) is 31.9 Å². The highest BCUT2D eigenvalue weighted by Gasteiger charge is 2.03. The first-order valence-corrected chi connectivity index (χ1v) is 10.2. The van der Waals surface area contributed by atoms with Crippen molar-refractivity contribution in [1.29, 1.82) is 0 Å². The summed E-state index contributed by atoms with van der Waals surface area (Å²) >= 11 is 0. The van der Waals surface area contributed by atoms with E-state index < -0.39 is 0 Å². The molecule has 0 radical (unpaired) electrons. The molecule has 2 heterocycles. The summed E-state index contributed by atoms with van der Waals surface area (Å²) in [5.41, 5.74) is 1.22. The summed E-state index contributed by atoms with van der Waals surface area (Å²) in [5, 5.41) is 3.54. The molecule has 0 atom stereocenters. The lowest BCUT2D eigenvalue weighted by Crippen LogP contribution is -2.17. The first-order valence-electron chi connectivity index (χ1n) is 10.2. The first-order chi connectivity index (χ1) is 13.9. The van der Waals surface area contributed by atoms with Gasteiger partial charge < -0.3 is 19.2 Å². The van der Waals surface area contributed by atoms with Crippen LogP contribution in [0.4, 0.5) is 0 Å². The van der Waals surface area contributed by atoms with Crippen LogP contribution in [0.5, 0.6) is 5.75 Å². The minimum Gasteiger partial charge on any atom is -0.493 e. The smallest absolute Gasteiger partial charge is 0.123 e. The predicted octanol–water partition coefficient (Wildman–Crippen LogP) is 3.68. The number of aromatic nitrogens is 4. The van der Waals surface area contributed by atoms with Crippen molar-refractivity contribution in [1.82, 2.24) is 24.4 Å². The summed E-state index contributed by atoms with van der Waals surface area (Å²) in [4.78, 5) is 8.44. The van der Waals surface area contributed by atoms with E-state index in [0.717, 1.165) is 70.0 Å². The third-order valence-electron chi connectivity index (χ3n) is 4.79. The second-order valence-corrected chi connectivity index (χ2v) is 6.88. The van der Waals surface area contributed by atoms with Crippen molar-refractivity contribution in [2.75, 3.05) is 13.2 Å². The fourth-order valence-electron chi connectivity index (χ4n) is 3.24. The van der Waals surface area contributed by atoms with E-state index >= 15 is 0 Å². The van der Waals surface area contributed by atoms with E-state index in [1.165, 1.54) is 5.56 Å². The number of nitrogens with one attached hydrogen (secondary N) is 1. The summed E-state index contributed by atoms with van der Waals surface area (Å²) in [6.07, 6.45) is 13.8. The maximum Gasteiger partial charge on any atom is 0.123 e. The van der Waals surface area contributed by atoms with Crippen LogP contribution >= 0.6 is 0 Å². The van der Waals surface area contributed by atoms with Crippen LogP contribution < -0.4 is 10.1 Å². The Kier molecular flexibility index (Phi) is 8.12. The van der Waals surface area contributed by atoms with Crippen LogP contribution in [0.25, 0.3) is 0 Å². The fraction of sp³-hybridized carbons (Fsp3) is 0.455. The molecule has 0 aliphatic rings. The van der Waals surface area contributed by atoms with Gasteiger partial charge in [-0.3, -0.25) is 0 Å². The molecule has 0 fully saturated rings. The summed E-state index contributed by atoms with van der Waals surface area (Å²) in [6.45, 7) is 6.68. The quantitative estimate of drug-likeness (QED) is 0.459. The summed E-state index contributed by atoms with van der Waals surface area (Å²) in [7, 11) is 0. The van der Waals surface area contributed by atoms with Crippen molar-refractivity contribution in [2.24, 2.45) is 0 Å². The minimum absolute atomic E-state index is 0.742. The van der Waals surface area contributed by atoms with E-state index in [4.69, 9.17) is 4.74 Å². The van der Waals surface area contributed by atoms with Crippen LogP contribution in [-0.2, 0) is 26.1 Å².